The van der Waals surface area contributed by atoms with Crippen molar-refractivity contribution >= 4 is 11.6 Å². The highest BCUT2D eigenvalue weighted by Crippen LogP contribution is 2.11. The summed E-state index contributed by atoms with van der Waals surface area (Å²) in [6, 6.07) is 12.2. The lowest BCUT2D eigenvalue weighted by Gasteiger charge is -2.05. The molecule has 0 fully saturated rings. The molecule has 0 aromatic heterocycles. The SMILES string of the molecule is C/C(=N\NC(=O)c1ccc(C)c(C)c1)c1ccc(O)cc1. The number of rotatable bonds is 3. The highest BCUT2D eigenvalue weighted by Gasteiger charge is 2.06. The van der Waals surface area contributed by atoms with Crippen LogP contribution in [0.25, 0.3) is 0 Å². The standard InChI is InChI=1S/C17H18N2O2/c1-11-4-5-15(10-12(11)2)17(21)19-18-13(3)14-6-8-16(20)9-7-14/h4-10,20H,1-3H3,(H,19,21)/b18-13+. The Hall–Kier alpha value is -2.62. The predicted octanol–water partition coefficient (Wildman–Crippen LogP) is 3.16. The molecular weight excluding hydrogens is 264 g/mol. The van der Waals surface area contributed by atoms with Gasteiger partial charge in [-0.05, 0) is 73.9 Å². The summed E-state index contributed by atoms with van der Waals surface area (Å²) in [7, 11) is 0. The van der Waals surface area contributed by atoms with Crippen LogP contribution in [0.1, 0.15) is 34.0 Å². The number of carbonyl (C=O) groups excluding carboxylic acids is 1. The Morgan fingerprint density at radius 3 is 2.24 bits per heavy atom. The molecule has 2 aromatic rings. The number of phenolic OH excluding ortho intramolecular Hbond substituents is 1. The van der Waals surface area contributed by atoms with E-state index < -0.39 is 0 Å². The fourth-order valence-electron chi connectivity index (χ4n) is 1.85. The topological polar surface area (TPSA) is 61.7 Å². The maximum absolute atomic E-state index is 12.0. The van der Waals surface area contributed by atoms with Gasteiger partial charge in [0.05, 0.1) is 5.71 Å². The van der Waals surface area contributed by atoms with Crippen LogP contribution < -0.4 is 5.43 Å². The Balaban J connectivity index is 2.10. The summed E-state index contributed by atoms with van der Waals surface area (Å²) in [4.78, 5) is 12.0. The van der Waals surface area contributed by atoms with E-state index in [-0.39, 0.29) is 11.7 Å². The zero-order chi connectivity index (χ0) is 15.4. The van der Waals surface area contributed by atoms with E-state index in [0.29, 0.717) is 11.3 Å². The van der Waals surface area contributed by atoms with Crippen molar-refractivity contribution < 1.29 is 9.90 Å². The van der Waals surface area contributed by atoms with E-state index in [1.807, 2.05) is 26.0 Å². The fraction of sp³-hybridized carbons (Fsp3) is 0.176. The van der Waals surface area contributed by atoms with Crippen molar-refractivity contribution in [3.63, 3.8) is 0 Å². The minimum absolute atomic E-state index is 0.200. The minimum Gasteiger partial charge on any atom is -0.508 e. The van der Waals surface area contributed by atoms with Crippen molar-refractivity contribution in [1.82, 2.24) is 5.43 Å². The normalized spacial score (nSPS) is 11.3. The van der Waals surface area contributed by atoms with Gasteiger partial charge in [0, 0.05) is 5.56 Å². The number of nitrogens with zero attached hydrogens (tertiary/aromatic N) is 1. The molecule has 0 saturated heterocycles. The third-order valence-electron chi connectivity index (χ3n) is 3.38. The molecule has 2 N–H and O–H groups in total. The first kappa shape index (κ1) is 14.8. The second-order valence-electron chi connectivity index (χ2n) is 4.98. The van der Waals surface area contributed by atoms with Crippen LogP contribution in [-0.2, 0) is 0 Å². The van der Waals surface area contributed by atoms with Gasteiger partial charge < -0.3 is 5.11 Å². The van der Waals surface area contributed by atoms with Crippen molar-refractivity contribution in [3.8, 4) is 5.75 Å². The Kier molecular flexibility index (Phi) is 4.38. The van der Waals surface area contributed by atoms with E-state index in [4.69, 9.17) is 0 Å². The van der Waals surface area contributed by atoms with E-state index in [1.165, 1.54) is 0 Å². The van der Waals surface area contributed by atoms with E-state index in [1.54, 1.807) is 37.3 Å². The third-order valence-corrected chi connectivity index (χ3v) is 3.38. The Morgan fingerprint density at radius 2 is 1.62 bits per heavy atom. The molecule has 0 aliphatic heterocycles. The zero-order valence-corrected chi connectivity index (χ0v) is 12.3. The number of amides is 1. The van der Waals surface area contributed by atoms with Gasteiger partial charge in [0.2, 0.25) is 0 Å². The number of hydrogen-bond donors (Lipinski definition) is 2. The number of aromatic hydroxyl groups is 1. The van der Waals surface area contributed by atoms with Crippen molar-refractivity contribution in [2.75, 3.05) is 0 Å². The number of aryl methyl sites for hydroxylation is 2. The average Bonchev–Trinajstić information content (AvgIpc) is 2.48. The molecule has 0 aliphatic rings. The molecule has 0 radical (unpaired) electrons. The zero-order valence-electron chi connectivity index (χ0n) is 12.3. The quantitative estimate of drug-likeness (QED) is 0.671. The van der Waals surface area contributed by atoms with Crippen LogP contribution in [0.2, 0.25) is 0 Å². The van der Waals surface area contributed by atoms with Gasteiger partial charge in [-0.15, -0.1) is 0 Å². The monoisotopic (exact) mass is 282 g/mol. The predicted molar refractivity (Wildman–Crippen MR) is 83.7 cm³/mol. The molecule has 4 heteroatoms. The Bertz CT molecular complexity index is 688. The molecule has 0 unspecified atom stereocenters. The summed E-state index contributed by atoms with van der Waals surface area (Å²) in [6.45, 7) is 5.77. The number of hydrazone groups is 1. The second kappa shape index (κ2) is 6.22. The van der Waals surface area contributed by atoms with Crippen LogP contribution >= 0.6 is 0 Å². The van der Waals surface area contributed by atoms with Crippen molar-refractivity contribution in [2.24, 2.45) is 5.10 Å². The summed E-state index contributed by atoms with van der Waals surface area (Å²) in [6.07, 6.45) is 0. The van der Waals surface area contributed by atoms with Crippen molar-refractivity contribution in [1.29, 1.82) is 0 Å². The van der Waals surface area contributed by atoms with Crippen LogP contribution in [0.5, 0.6) is 5.75 Å². The molecule has 0 aliphatic carbocycles. The van der Waals surface area contributed by atoms with Gasteiger partial charge in [-0.2, -0.15) is 5.10 Å². The first-order chi connectivity index (χ1) is 9.97. The number of carbonyl (C=O) groups is 1. The second-order valence-corrected chi connectivity index (χ2v) is 4.98. The molecule has 0 saturated carbocycles. The van der Waals surface area contributed by atoms with E-state index in [0.717, 1.165) is 16.7 Å². The lowest BCUT2D eigenvalue weighted by Crippen LogP contribution is -2.19. The first-order valence-corrected chi connectivity index (χ1v) is 6.68. The van der Waals surface area contributed by atoms with Crippen molar-refractivity contribution in [3.05, 3.63) is 64.7 Å². The maximum Gasteiger partial charge on any atom is 0.271 e. The molecule has 0 bridgehead atoms. The number of hydrogen-bond acceptors (Lipinski definition) is 3. The van der Waals surface area contributed by atoms with E-state index >= 15 is 0 Å². The number of phenols is 1. The van der Waals surface area contributed by atoms with E-state index in [2.05, 4.69) is 10.5 Å². The molecule has 1 amide bonds. The summed E-state index contributed by atoms with van der Waals surface area (Å²) in [5.74, 6) is -0.0399. The highest BCUT2D eigenvalue weighted by atomic mass is 16.3. The largest absolute Gasteiger partial charge is 0.508 e. The maximum atomic E-state index is 12.0. The number of nitrogens with one attached hydrogen (secondary N) is 1. The van der Waals surface area contributed by atoms with Gasteiger partial charge >= 0.3 is 0 Å². The smallest absolute Gasteiger partial charge is 0.271 e. The molecule has 0 heterocycles. The van der Waals surface area contributed by atoms with Crippen LogP contribution in [0.15, 0.2) is 47.6 Å². The Morgan fingerprint density at radius 1 is 1.00 bits per heavy atom. The minimum atomic E-state index is -0.240. The van der Waals surface area contributed by atoms with Gasteiger partial charge in [-0.3, -0.25) is 4.79 Å². The molecule has 2 rings (SSSR count). The summed E-state index contributed by atoms with van der Waals surface area (Å²) >= 11 is 0. The summed E-state index contributed by atoms with van der Waals surface area (Å²) in [5.41, 5.74) is 6.86. The van der Waals surface area contributed by atoms with Gasteiger partial charge in [0.15, 0.2) is 0 Å². The van der Waals surface area contributed by atoms with Gasteiger partial charge in [-0.1, -0.05) is 6.07 Å². The van der Waals surface area contributed by atoms with E-state index in [9.17, 15) is 9.90 Å². The molecule has 108 valence electrons. The van der Waals surface area contributed by atoms with Gasteiger partial charge in [0.1, 0.15) is 5.75 Å². The fourth-order valence-corrected chi connectivity index (χ4v) is 1.85. The first-order valence-electron chi connectivity index (χ1n) is 6.68. The number of benzene rings is 2. The summed E-state index contributed by atoms with van der Waals surface area (Å²) < 4.78 is 0. The van der Waals surface area contributed by atoms with Crippen LogP contribution in [0, 0.1) is 13.8 Å². The molecular formula is C17H18N2O2. The van der Waals surface area contributed by atoms with Crippen LogP contribution in [0.4, 0.5) is 0 Å². The highest BCUT2D eigenvalue weighted by molar-refractivity contribution is 6.00. The average molecular weight is 282 g/mol. The van der Waals surface area contributed by atoms with Crippen LogP contribution in [-0.4, -0.2) is 16.7 Å². The lowest BCUT2D eigenvalue weighted by molar-refractivity contribution is 0.0954. The molecule has 21 heavy (non-hydrogen) atoms. The van der Waals surface area contributed by atoms with Gasteiger partial charge in [0.25, 0.3) is 5.91 Å². The summed E-state index contributed by atoms with van der Waals surface area (Å²) in [5, 5.41) is 13.3. The lowest BCUT2D eigenvalue weighted by atomic mass is 10.1. The van der Waals surface area contributed by atoms with Crippen LogP contribution in [0.3, 0.4) is 0 Å². The third kappa shape index (κ3) is 3.69. The Labute approximate surface area is 124 Å². The van der Waals surface area contributed by atoms with Crippen molar-refractivity contribution in [2.45, 2.75) is 20.8 Å². The molecule has 4 nitrogen and oxygen atoms in total. The molecule has 0 spiro atoms. The van der Waals surface area contributed by atoms with Gasteiger partial charge in [-0.25, -0.2) is 5.43 Å². The molecule has 0 atom stereocenters. The molecule has 2 aromatic carbocycles.